The van der Waals surface area contributed by atoms with Crippen LogP contribution in [0.4, 0.5) is 0 Å². The van der Waals surface area contributed by atoms with Gasteiger partial charge in [0.2, 0.25) is 0 Å². The van der Waals surface area contributed by atoms with Crippen LogP contribution in [0.5, 0.6) is 5.75 Å². The smallest absolute Gasteiger partial charge is 0.346 e. The first-order valence-electron chi connectivity index (χ1n) is 10.7. The molecule has 1 saturated carbocycles. The van der Waals surface area contributed by atoms with Gasteiger partial charge in [0.15, 0.2) is 11.6 Å². The number of hydrogen-bond acceptors (Lipinski definition) is 5. The van der Waals surface area contributed by atoms with Crippen LogP contribution in [0.2, 0.25) is 5.02 Å². The van der Waals surface area contributed by atoms with Crippen LogP contribution in [0.3, 0.4) is 0 Å². The second-order valence-corrected chi connectivity index (χ2v) is 8.22. The number of hydrogen-bond donors (Lipinski definition) is 1. The molecule has 9 heteroatoms. The molecule has 0 saturated heterocycles. The van der Waals surface area contributed by atoms with Crippen LogP contribution < -0.4 is 10.4 Å². The molecule has 2 aromatic heterocycles. The van der Waals surface area contributed by atoms with Gasteiger partial charge >= 0.3 is 5.69 Å². The molecule has 0 amide bonds. The number of aromatic amines is 1. The first-order valence-corrected chi connectivity index (χ1v) is 11.1. The number of benzene rings is 2. The highest BCUT2D eigenvalue weighted by atomic mass is 35.5. The van der Waals surface area contributed by atoms with Gasteiger partial charge < -0.3 is 4.74 Å². The van der Waals surface area contributed by atoms with Crippen LogP contribution in [0.1, 0.15) is 43.0 Å². The Kier molecular flexibility index (Phi) is 5.53. The molecule has 1 N–H and O–H groups in total. The molecule has 0 atom stereocenters. The fourth-order valence-electron chi connectivity index (χ4n) is 3.72. The van der Waals surface area contributed by atoms with Gasteiger partial charge in [0.1, 0.15) is 18.1 Å². The Labute approximate surface area is 189 Å². The summed E-state index contributed by atoms with van der Waals surface area (Å²) in [5.41, 5.74) is 1.74. The van der Waals surface area contributed by atoms with Gasteiger partial charge in [-0.25, -0.2) is 14.5 Å². The summed E-state index contributed by atoms with van der Waals surface area (Å²) >= 11 is 6.02. The Morgan fingerprint density at radius 3 is 2.69 bits per heavy atom. The van der Waals surface area contributed by atoms with Crippen LogP contribution in [0.25, 0.3) is 11.4 Å². The zero-order valence-electron chi connectivity index (χ0n) is 17.7. The van der Waals surface area contributed by atoms with Crippen molar-refractivity contribution >= 4 is 11.6 Å². The number of nitrogens with one attached hydrogen (secondary N) is 1. The number of para-hydroxylation sites is 1. The second kappa shape index (κ2) is 8.63. The lowest BCUT2D eigenvalue weighted by atomic mass is 10.1. The molecular weight excluding hydrogens is 428 g/mol. The summed E-state index contributed by atoms with van der Waals surface area (Å²) in [6.07, 6.45) is 2.50. The monoisotopic (exact) mass is 450 g/mol. The number of ether oxygens (including phenoxy) is 1. The van der Waals surface area contributed by atoms with E-state index in [0.29, 0.717) is 35.5 Å². The normalized spacial score (nSPS) is 13.4. The molecule has 1 fully saturated rings. The van der Waals surface area contributed by atoms with E-state index in [1.165, 1.54) is 4.68 Å². The average Bonchev–Trinajstić information content (AvgIpc) is 3.45. The summed E-state index contributed by atoms with van der Waals surface area (Å²) in [6, 6.07) is 15.4. The number of rotatable bonds is 8. The molecule has 1 aliphatic carbocycles. The predicted octanol–water partition coefficient (Wildman–Crippen LogP) is 3.86. The van der Waals surface area contributed by atoms with E-state index in [1.807, 2.05) is 43.3 Å². The summed E-state index contributed by atoms with van der Waals surface area (Å²) in [6.45, 7) is 2.77. The summed E-state index contributed by atoms with van der Waals surface area (Å²) in [5, 5.41) is 12.5. The molecule has 0 unspecified atom stereocenters. The van der Waals surface area contributed by atoms with Gasteiger partial charge in [0.25, 0.3) is 0 Å². The van der Waals surface area contributed by atoms with Crippen molar-refractivity contribution in [1.29, 1.82) is 0 Å². The van der Waals surface area contributed by atoms with Crippen molar-refractivity contribution in [3.63, 3.8) is 0 Å². The SMILES string of the molecule is CCOc1ccccc1Cc1n[nH]c(Cn2nc(-c3ccc(Cl)cc3)n(C3CC3)c2=O)n1. The van der Waals surface area contributed by atoms with Crippen LogP contribution in [0.15, 0.2) is 53.3 Å². The topological polar surface area (TPSA) is 90.6 Å². The van der Waals surface area contributed by atoms with E-state index >= 15 is 0 Å². The van der Waals surface area contributed by atoms with Gasteiger partial charge in [-0.3, -0.25) is 9.67 Å². The van der Waals surface area contributed by atoms with Crippen molar-refractivity contribution in [2.75, 3.05) is 6.61 Å². The molecule has 32 heavy (non-hydrogen) atoms. The molecule has 2 heterocycles. The van der Waals surface area contributed by atoms with E-state index in [2.05, 4.69) is 20.3 Å². The van der Waals surface area contributed by atoms with Crippen molar-refractivity contribution < 1.29 is 4.74 Å². The van der Waals surface area contributed by atoms with Gasteiger partial charge in [-0.15, -0.1) is 5.10 Å². The maximum atomic E-state index is 13.1. The molecule has 164 valence electrons. The maximum absolute atomic E-state index is 13.1. The van der Waals surface area contributed by atoms with Crippen molar-refractivity contribution in [3.05, 3.63) is 81.3 Å². The Balaban J connectivity index is 1.40. The standard InChI is InChI=1S/C23H23ClN6O2/c1-2-32-19-6-4-3-5-16(19)13-20-25-21(27-26-20)14-29-23(31)30(18-11-12-18)22(28-29)15-7-9-17(24)10-8-15/h3-10,18H,2,11-14H2,1H3,(H,25,26,27). The molecule has 8 nitrogen and oxygen atoms in total. The van der Waals surface area contributed by atoms with Gasteiger partial charge in [0.05, 0.1) is 6.61 Å². The number of H-pyrrole nitrogens is 1. The molecule has 1 aliphatic rings. The third-order valence-corrected chi connectivity index (χ3v) is 5.64. The van der Waals surface area contributed by atoms with Crippen LogP contribution in [0, 0.1) is 0 Å². The lowest BCUT2D eigenvalue weighted by Gasteiger charge is -2.07. The van der Waals surface area contributed by atoms with Crippen molar-refractivity contribution in [3.8, 4) is 17.1 Å². The Bertz CT molecular complexity index is 1290. The van der Waals surface area contributed by atoms with E-state index in [-0.39, 0.29) is 18.3 Å². The second-order valence-electron chi connectivity index (χ2n) is 7.79. The van der Waals surface area contributed by atoms with Crippen molar-refractivity contribution in [1.82, 2.24) is 29.5 Å². The Morgan fingerprint density at radius 2 is 1.94 bits per heavy atom. The fourth-order valence-corrected chi connectivity index (χ4v) is 3.85. The zero-order valence-corrected chi connectivity index (χ0v) is 18.4. The van der Waals surface area contributed by atoms with E-state index in [9.17, 15) is 4.79 Å². The van der Waals surface area contributed by atoms with E-state index in [1.54, 1.807) is 16.7 Å². The highest BCUT2D eigenvalue weighted by molar-refractivity contribution is 6.30. The minimum atomic E-state index is -0.142. The maximum Gasteiger partial charge on any atom is 0.346 e. The lowest BCUT2D eigenvalue weighted by molar-refractivity contribution is 0.337. The first-order chi connectivity index (χ1) is 15.6. The number of halogens is 1. The molecule has 2 aromatic carbocycles. The predicted molar refractivity (Wildman–Crippen MR) is 121 cm³/mol. The third kappa shape index (κ3) is 4.18. The minimum absolute atomic E-state index is 0.142. The van der Waals surface area contributed by atoms with Crippen molar-refractivity contribution in [2.24, 2.45) is 0 Å². The molecule has 0 aliphatic heterocycles. The Morgan fingerprint density at radius 1 is 1.16 bits per heavy atom. The van der Waals surface area contributed by atoms with E-state index in [0.717, 1.165) is 29.7 Å². The molecule has 0 radical (unpaired) electrons. The van der Waals surface area contributed by atoms with Crippen LogP contribution in [-0.4, -0.2) is 36.1 Å². The zero-order chi connectivity index (χ0) is 22.1. The number of aromatic nitrogens is 6. The van der Waals surface area contributed by atoms with E-state index in [4.69, 9.17) is 16.3 Å². The van der Waals surface area contributed by atoms with Crippen LogP contribution in [-0.2, 0) is 13.0 Å². The lowest BCUT2D eigenvalue weighted by Crippen LogP contribution is -2.25. The summed E-state index contributed by atoms with van der Waals surface area (Å²) in [7, 11) is 0. The molecule has 5 rings (SSSR count). The average molecular weight is 451 g/mol. The van der Waals surface area contributed by atoms with Crippen LogP contribution >= 0.6 is 11.6 Å². The van der Waals surface area contributed by atoms with Gasteiger partial charge in [0, 0.05) is 28.6 Å². The molecule has 0 spiro atoms. The van der Waals surface area contributed by atoms with Gasteiger partial charge in [-0.2, -0.15) is 5.10 Å². The summed E-state index contributed by atoms with van der Waals surface area (Å²) in [5.74, 6) is 2.70. The fraction of sp³-hybridized carbons (Fsp3) is 0.304. The Hall–Kier alpha value is -3.39. The van der Waals surface area contributed by atoms with Crippen molar-refractivity contribution in [2.45, 2.75) is 38.8 Å². The van der Waals surface area contributed by atoms with Gasteiger partial charge in [-0.1, -0.05) is 29.8 Å². The largest absolute Gasteiger partial charge is 0.494 e. The van der Waals surface area contributed by atoms with E-state index < -0.39 is 0 Å². The third-order valence-electron chi connectivity index (χ3n) is 5.38. The summed E-state index contributed by atoms with van der Waals surface area (Å²) in [4.78, 5) is 17.7. The highest BCUT2D eigenvalue weighted by Gasteiger charge is 2.30. The summed E-state index contributed by atoms with van der Waals surface area (Å²) < 4.78 is 8.91. The first kappa shape index (κ1) is 20.5. The molecular formula is C23H23ClN6O2. The van der Waals surface area contributed by atoms with Gasteiger partial charge in [-0.05, 0) is 50.1 Å². The minimum Gasteiger partial charge on any atom is -0.494 e. The quantitative estimate of drug-likeness (QED) is 0.440. The molecule has 4 aromatic rings. The number of nitrogens with zero attached hydrogens (tertiary/aromatic N) is 5. The highest BCUT2D eigenvalue weighted by Crippen LogP contribution is 2.36. The molecule has 0 bridgehead atoms.